The standard InChI is InChI=1S/C18H33N3O5/c1-12(2)15(17(23)24)11-16(22)13-7-9-14(10-8-13)26-19-21(25)20(6)18(3,4)5/h12-15H,7-11H2,1-6H3,(H,23,24)/b21-19-. The molecule has 0 radical (unpaired) electrons. The lowest BCUT2D eigenvalue weighted by Crippen LogP contribution is -2.42. The van der Waals surface area contributed by atoms with Gasteiger partial charge in [-0.3, -0.25) is 9.59 Å². The van der Waals surface area contributed by atoms with Crippen molar-refractivity contribution < 1.29 is 24.5 Å². The minimum absolute atomic E-state index is 0.0133. The summed E-state index contributed by atoms with van der Waals surface area (Å²) in [6, 6.07) is 0. The molecule has 1 aliphatic rings. The van der Waals surface area contributed by atoms with E-state index in [-0.39, 0.29) is 35.7 Å². The first-order valence-electron chi connectivity index (χ1n) is 9.26. The Morgan fingerprint density at radius 2 is 1.81 bits per heavy atom. The summed E-state index contributed by atoms with van der Waals surface area (Å²) >= 11 is 0. The normalized spacial score (nSPS) is 22.8. The van der Waals surface area contributed by atoms with Gasteiger partial charge in [-0.15, -0.1) is 5.01 Å². The van der Waals surface area contributed by atoms with Gasteiger partial charge in [0.15, 0.2) is 0 Å². The molecule has 0 heterocycles. The molecule has 8 nitrogen and oxygen atoms in total. The van der Waals surface area contributed by atoms with Crippen LogP contribution in [0.4, 0.5) is 0 Å². The lowest BCUT2D eigenvalue weighted by Gasteiger charge is -2.28. The fourth-order valence-electron chi connectivity index (χ4n) is 2.90. The smallest absolute Gasteiger partial charge is 0.307 e. The first-order valence-corrected chi connectivity index (χ1v) is 9.26. The van der Waals surface area contributed by atoms with Crippen molar-refractivity contribution in [3.63, 3.8) is 0 Å². The minimum atomic E-state index is -0.914. The Labute approximate surface area is 155 Å². The number of hydrazine groups is 1. The molecule has 8 heteroatoms. The van der Waals surface area contributed by atoms with E-state index in [0.717, 1.165) is 0 Å². The second-order valence-electron chi connectivity index (χ2n) is 8.47. The van der Waals surface area contributed by atoms with Gasteiger partial charge in [-0.2, -0.15) is 0 Å². The van der Waals surface area contributed by atoms with Gasteiger partial charge >= 0.3 is 5.97 Å². The highest BCUT2D eigenvalue weighted by Gasteiger charge is 2.32. The second-order valence-corrected chi connectivity index (χ2v) is 8.47. The molecule has 0 amide bonds. The Balaban J connectivity index is 2.49. The third kappa shape index (κ3) is 6.46. The highest BCUT2D eigenvalue weighted by molar-refractivity contribution is 5.85. The van der Waals surface area contributed by atoms with Crippen LogP contribution in [0, 0.1) is 23.0 Å². The van der Waals surface area contributed by atoms with Crippen LogP contribution in [0.2, 0.25) is 0 Å². The van der Waals surface area contributed by atoms with Crippen molar-refractivity contribution in [3.8, 4) is 0 Å². The Hall–Kier alpha value is -1.86. The Morgan fingerprint density at radius 1 is 1.27 bits per heavy atom. The minimum Gasteiger partial charge on any atom is -0.569 e. The van der Waals surface area contributed by atoms with E-state index in [1.807, 2.05) is 34.6 Å². The fourth-order valence-corrected chi connectivity index (χ4v) is 2.90. The van der Waals surface area contributed by atoms with Crippen LogP contribution in [0.3, 0.4) is 0 Å². The Bertz CT molecular complexity index is 519. The van der Waals surface area contributed by atoms with Gasteiger partial charge in [-0.05, 0) is 52.4 Å². The summed E-state index contributed by atoms with van der Waals surface area (Å²) in [5.74, 6) is -1.73. The maximum absolute atomic E-state index is 12.4. The molecule has 1 unspecified atom stereocenters. The van der Waals surface area contributed by atoms with Crippen molar-refractivity contribution in [1.29, 1.82) is 0 Å². The van der Waals surface area contributed by atoms with Crippen molar-refractivity contribution in [2.45, 2.75) is 78.4 Å². The van der Waals surface area contributed by atoms with E-state index in [0.29, 0.717) is 30.7 Å². The molecule has 0 spiro atoms. The van der Waals surface area contributed by atoms with Crippen LogP contribution < -0.4 is 0 Å². The summed E-state index contributed by atoms with van der Waals surface area (Å²) in [5, 5.41) is 26.2. The number of Topliss-reactive ketones (excluding diaryl/α,β-unsaturated/α-hetero) is 1. The van der Waals surface area contributed by atoms with Crippen molar-refractivity contribution in [3.05, 3.63) is 5.21 Å². The molecular formula is C18H33N3O5. The van der Waals surface area contributed by atoms with Crippen molar-refractivity contribution in [2.75, 3.05) is 7.05 Å². The van der Waals surface area contributed by atoms with Gasteiger partial charge in [0.2, 0.25) is 5.28 Å². The maximum Gasteiger partial charge on any atom is 0.307 e. The molecule has 0 aromatic rings. The SMILES string of the molecule is CC(C)C(CC(=O)C1CCC(O/N=[N+](\[O-])N(C)C(C)(C)C)CC1)C(=O)O. The molecular weight excluding hydrogens is 338 g/mol. The highest BCUT2D eigenvalue weighted by Crippen LogP contribution is 2.30. The number of nitrogens with zero attached hydrogens (tertiary/aromatic N) is 3. The molecule has 1 atom stereocenters. The van der Waals surface area contributed by atoms with Crippen molar-refractivity contribution in [2.24, 2.45) is 23.0 Å². The first kappa shape index (κ1) is 22.2. The van der Waals surface area contributed by atoms with Crippen LogP contribution in [-0.2, 0) is 14.4 Å². The molecule has 1 fully saturated rings. The van der Waals surface area contributed by atoms with E-state index in [1.54, 1.807) is 7.05 Å². The molecule has 26 heavy (non-hydrogen) atoms. The summed E-state index contributed by atoms with van der Waals surface area (Å²) in [6.07, 6.45) is 2.43. The number of aliphatic carboxylic acids is 1. The second kappa shape index (κ2) is 9.19. The van der Waals surface area contributed by atoms with Gasteiger partial charge < -0.3 is 15.2 Å². The lowest BCUT2D eigenvalue weighted by molar-refractivity contribution is -0.720. The number of hydrogen-bond donors (Lipinski definition) is 1. The van der Waals surface area contributed by atoms with E-state index in [2.05, 4.69) is 5.28 Å². The average molecular weight is 371 g/mol. The average Bonchev–Trinajstić information content (AvgIpc) is 2.55. The topological polar surface area (TPSA) is 105 Å². The Kier molecular flexibility index (Phi) is 7.84. The van der Waals surface area contributed by atoms with E-state index in [4.69, 9.17) is 4.84 Å². The number of rotatable bonds is 8. The number of carbonyl (C=O) groups excluding carboxylic acids is 1. The number of carboxylic acids is 1. The number of hydrogen-bond acceptors (Lipinski definition) is 5. The fraction of sp³-hybridized carbons (Fsp3) is 0.889. The number of carboxylic acid groups (broad SMARTS) is 1. The van der Waals surface area contributed by atoms with Gasteiger partial charge in [-0.1, -0.05) is 13.8 Å². The predicted molar refractivity (Wildman–Crippen MR) is 96.0 cm³/mol. The number of ketones is 1. The van der Waals surface area contributed by atoms with Crippen LogP contribution in [0.1, 0.15) is 66.7 Å². The van der Waals surface area contributed by atoms with Crippen molar-refractivity contribution >= 4 is 11.8 Å². The van der Waals surface area contributed by atoms with Gasteiger partial charge in [0.05, 0.1) is 23.5 Å². The summed E-state index contributed by atoms with van der Waals surface area (Å²) in [7, 11) is 1.64. The third-order valence-corrected chi connectivity index (χ3v) is 5.17. The summed E-state index contributed by atoms with van der Waals surface area (Å²) in [5.41, 5.74) is -0.365. The summed E-state index contributed by atoms with van der Waals surface area (Å²) in [4.78, 5) is 29.4. The van der Waals surface area contributed by atoms with Crippen LogP contribution in [0.5, 0.6) is 0 Å². The molecule has 1 rings (SSSR count). The van der Waals surface area contributed by atoms with Gasteiger partial charge in [0, 0.05) is 12.3 Å². The molecule has 0 bridgehead atoms. The first-order chi connectivity index (χ1) is 11.9. The highest BCUT2D eigenvalue weighted by atomic mass is 16.7. The molecule has 0 aromatic heterocycles. The lowest BCUT2D eigenvalue weighted by atomic mass is 9.80. The maximum atomic E-state index is 12.4. The largest absolute Gasteiger partial charge is 0.569 e. The quantitative estimate of drug-likeness (QED) is 0.398. The third-order valence-electron chi connectivity index (χ3n) is 5.17. The zero-order valence-electron chi connectivity index (χ0n) is 16.8. The van der Waals surface area contributed by atoms with Crippen LogP contribution in [0.25, 0.3) is 0 Å². The van der Waals surface area contributed by atoms with Crippen LogP contribution in [-0.4, -0.2) is 45.5 Å². The molecule has 0 aliphatic heterocycles. The monoisotopic (exact) mass is 371 g/mol. The van der Waals surface area contributed by atoms with Gasteiger partial charge in [0.25, 0.3) is 0 Å². The molecule has 1 N–H and O–H groups in total. The summed E-state index contributed by atoms with van der Waals surface area (Å²) < 4.78 is 0. The van der Waals surface area contributed by atoms with Crippen molar-refractivity contribution in [1.82, 2.24) is 5.01 Å². The van der Waals surface area contributed by atoms with E-state index < -0.39 is 11.9 Å². The molecule has 0 saturated heterocycles. The van der Waals surface area contributed by atoms with E-state index in [1.165, 1.54) is 5.01 Å². The van der Waals surface area contributed by atoms with Crippen LogP contribution >= 0.6 is 0 Å². The number of carbonyl (C=O) groups is 2. The van der Waals surface area contributed by atoms with E-state index in [9.17, 15) is 19.9 Å². The zero-order chi connectivity index (χ0) is 20.1. The summed E-state index contributed by atoms with van der Waals surface area (Å²) in [6.45, 7) is 9.33. The zero-order valence-corrected chi connectivity index (χ0v) is 16.8. The molecule has 150 valence electrons. The molecule has 0 aromatic carbocycles. The van der Waals surface area contributed by atoms with Gasteiger partial charge in [0.1, 0.15) is 11.9 Å². The van der Waals surface area contributed by atoms with Crippen LogP contribution in [0.15, 0.2) is 5.28 Å². The Morgan fingerprint density at radius 3 is 2.23 bits per heavy atom. The predicted octanol–water partition coefficient (Wildman–Crippen LogP) is 3.40. The van der Waals surface area contributed by atoms with E-state index >= 15 is 0 Å². The molecule has 1 aliphatic carbocycles. The molecule has 1 saturated carbocycles. The van der Waals surface area contributed by atoms with Gasteiger partial charge in [-0.25, -0.2) is 0 Å².